The minimum atomic E-state index is -0.365. The van der Waals surface area contributed by atoms with Crippen molar-refractivity contribution in [2.45, 2.75) is 19.3 Å². The summed E-state index contributed by atoms with van der Waals surface area (Å²) in [7, 11) is 3.03. The van der Waals surface area contributed by atoms with Gasteiger partial charge in [-0.2, -0.15) is 0 Å². The molecule has 0 fully saturated rings. The van der Waals surface area contributed by atoms with Gasteiger partial charge in [-0.05, 0) is 47.7 Å². The second-order valence-corrected chi connectivity index (χ2v) is 7.97. The Hall–Kier alpha value is -4.00. The number of carbonyl (C=O) groups is 2. The molecule has 3 aromatic rings. The zero-order valence-electron chi connectivity index (χ0n) is 18.9. The zero-order chi connectivity index (χ0) is 23.4. The highest BCUT2D eigenvalue weighted by molar-refractivity contribution is 5.97. The quantitative estimate of drug-likeness (QED) is 0.511. The van der Waals surface area contributed by atoms with Crippen molar-refractivity contribution >= 4 is 17.9 Å². The first kappa shape index (κ1) is 22.2. The number of methoxy groups -OCH3 is 2. The third-order valence-corrected chi connectivity index (χ3v) is 5.73. The second-order valence-electron chi connectivity index (χ2n) is 7.97. The number of rotatable bonds is 7. The van der Waals surface area contributed by atoms with Crippen molar-refractivity contribution in [2.24, 2.45) is 0 Å². The SMILES string of the molecule is COc1ccc(C(=O)NCC(=O)NC2=Cc3[nH]cc(-c4ccccc4)c3C(C)C2)cc1OC. The summed E-state index contributed by atoms with van der Waals surface area (Å²) in [5.74, 6) is 0.580. The Kier molecular flexibility index (Phi) is 6.49. The average Bonchev–Trinajstić information content (AvgIpc) is 3.27. The van der Waals surface area contributed by atoms with Crippen LogP contribution in [-0.2, 0) is 4.79 Å². The van der Waals surface area contributed by atoms with Crippen LogP contribution < -0.4 is 20.1 Å². The topological polar surface area (TPSA) is 92.5 Å². The van der Waals surface area contributed by atoms with E-state index in [1.54, 1.807) is 18.2 Å². The van der Waals surface area contributed by atoms with Crippen LogP contribution >= 0.6 is 0 Å². The van der Waals surface area contributed by atoms with Gasteiger partial charge in [-0.3, -0.25) is 9.59 Å². The number of hydrogen-bond donors (Lipinski definition) is 3. The highest BCUT2D eigenvalue weighted by Gasteiger charge is 2.24. The Balaban J connectivity index is 1.40. The Labute approximate surface area is 192 Å². The number of amides is 2. The lowest BCUT2D eigenvalue weighted by Gasteiger charge is -2.22. The molecule has 1 aliphatic carbocycles. The van der Waals surface area contributed by atoms with Crippen LogP contribution in [0.2, 0.25) is 0 Å². The summed E-state index contributed by atoms with van der Waals surface area (Å²) in [4.78, 5) is 28.3. The molecule has 170 valence electrons. The fourth-order valence-corrected chi connectivity index (χ4v) is 4.17. The number of carbonyl (C=O) groups excluding carboxylic acids is 2. The molecular formula is C26H27N3O4. The van der Waals surface area contributed by atoms with E-state index in [0.29, 0.717) is 23.5 Å². The number of ether oxygens (including phenoxy) is 2. The van der Waals surface area contributed by atoms with Crippen LogP contribution in [0.4, 0.5) is 0 Å². The van der Waals surface area contributed by atoms with Gasteiger partial charge in [-0.25, -0.2) is 0 Å². The van der Waals surface area contributed by atoms with Gasteiger partial charge in [0.1, 0.15) is 0 Å². The standard InChI is InChI=1S/C26H27N3O4/c1-16-11-19(13-21-25(16)20(14-27-21)17-7-5-4-6-8-17)29-24(30)15-28-26(31)18-9-10-22(32-2)23(12-18)33-3/h4-10,12-14,16,27H,11,15H2,1-3H3,(H,28,31)(H,29,30). The van der Waals surface area contributed by atoms with Crippen molar-refractivity contribution in [3.05, 3.63) is 77.2 Å². The van der Waals surface area contributed by atoms with E-state index < -0.39 is 0 Å². The molecule has 1 unspecified atom stereocenters. The molecule has 2 aromatic carbocycles. The number of hydrogen-bond acceptors (Lipinski definition) is 4. The van der Waals surface area contributed by atoms with E-state index in [-0.39, 0.29) is 24.3 Å². The number of benzene rings is 2. The third-order valence-electron chi connectivity index (χ3n) is 5.73. The first-order valence-corrected chi connectivity index (χ1v) is 10.8. The molecule has 1 atom stereocenters. The van der Waals surface area contributed by atoms with Crippen molar-refractivity contribution < 1.29 is 19.1 Å². The first-order chi connectivity index (χ1) is 16.0. The Morgan fingerprint density at radius 1 is 1.06 bits per heavy atom. The summed E-state index contributed by atoms with van der Waals surface area (Å²) in [6.07, 6.45) is 4.69. The largest absolute Gasteiger partial charge is 0.493 e. The van der Waals surface area contributed by atoms with Crippen LogP contribution in [-0.4, -0.2) is 37.6 Å². The van der Waals surface area contributed by atoms with Gasteiger partial charge in [0.05, 0.1) is 20.8 Å². The van der Waals surface area contributed by atoms with E-state index in [2.05, 4.69) is 34.7 Å². The lowest BCUT2D eigenvalue weighted by atomic mass is 9.86. The minimum Gasteiger partial charge on any atom is -0.493 e. The summed E-state index contributed by atoms with van der Waals surface area (Å²) in [5, 5.41) is 5.58. The summed E-state index contributed by atoms with van der Waals surface area (Å²) in [5.41, 5.74) is 5.80. The molecule has 1 aromatic heterocycles. The minimum absolute atomic E-state index is 0.133. The van der Waals surface area contributed by atoms with Crippen molar-refractivity contribution in [1.29, 1.82) is 0 Å². The molecule has 1 heterocycles. The lowest BCUT2D eigenvalue weighted by molar-refractivity contribution is -0.119. The molecule has 1 aliphatic rings. The predicted molar refractivity (Wildman–Crippen MR) is 127 cm³/mol. The molecule has 0 aliphatic heterocycles. The fraction of sp³-hybridized carbons (Fsp3) is 0.231. The summed E-state index contributed by atoms with van der Waals surface area (Å²) in [6.45, 7) is 2.02. The number of fused-ring (bicyclic) bond motifs is 1. The van der Waals surface area contributed by atoms with Crippen LogP contribution in [0.15, 0.2) is 60.4 Å². The molecule has 0 spiro atoms. The lowest BCUT2D eigenvalue weighted by Crippen LogP contribution is -2.37. The van der Waals surface area contributed by atoms with Crippen molar-refractivity contribution in [1.82, 2.24) is 15.6 Å². The first-order valence-electron chi connectivity index (χ1n) is 10.8. The maximum absolute atomic E-state index is 12.5. The summed E-state index contributed by atoms with van der Waals surface area (Å²) in [6, 6.07) is 15.1. The maximum atomic E-state index is 12.5. The Bertz CT molecular complexity index is 1200. The molecular weight excluding hydrogens is 418 g/mol. The number of H-pyrrole nitrogens is 1. The van der Waals surface area contributed by atoms with Gasteiger partial charge in [-0.1, -0.05) is 37.3 Å². The average molecular weight is 446 g/mol. The van der Waals surface area contributed by atoms with Crippen LogP contribution in [0.1, 0.15) is 40.9 Å². The van der Waals surface area contributed by atoms with E-state index in [1.165, 1.54) is 30.9 Å². The van der Waals surface area contributed by atoms with Gasteiger partial charge >= 0.3 is 0 Å². The van der Waals surface area contributed by atoms with Crippen LogP contribution in [0, 0.1) is 0 Å². The molecule has 0 saturated heterocycles. The molecule has 0 radical (unpaired) electrons. The summed E-state index contributed by atoms with van der Waals surface area (Å²) < 4.78 is 10.4. The molecule has 33 heavy (non-hydrogen) atoms. The van der Waals surface area contributed by atoms with Gasteiger partial charge in [0.2, 0.25) is 5.91 Å². The van der Waals surface area contributed by atoms with E-state index in [9.17, 15) is 9.59 Å². The van der Waals surface area contributed by atoms with Crippen molar-refractivity contribution in [2.75, 3.05) is 20.8 Å². The Morgan fingerprint density at radius 3 is 2.55 bits per heavy atom. The number of aromatic nitrogens is 1. The smallest absolute Gasteiger partial charge is 0.251 e. The molecule has 7 heteroatoms. The van der Waals surface area contributed by atoms with Crippen LogP contribution in [0.5, 0.6) is 11.5 Å². The van der Waals surface area contributed by atoms with Crippen molar-refractivity contribution in [3.8, 4) is 22.6 Å². The van der Waals surface area contributed by atoms with Crippen LogP contribution in [0.25, 0.3) is 17.2 Å². The molecule has 3 N–H and O–H groups in total. The monoisotopic (exact) mass is 445 g/mol. The van der Waals surface area contributed by atoms with Gasteiger partial charge in [0, 0.05) is 28.7 Å². The highest BCUT2D eigenvalue weighted by Crippen LogP contribution is 2.39. The fourth-order valence-electron chi connectivity index (χ4n) is 4.17. The van der Waals surface area contributed by atoms with Crippen LogP contribution in [0.3, 0.4) is 0 Å². The summed E-state index contributed by atoms with van der Waals surface area (Å²) >= 11 is 0. The van der Waals surface area contributed by atoms with Gasteiger partial charge in [-0.15, -0.1) is 0 Å². The van der Waals surface area contributed by atoms with E-state index >= 15 is 0 Å². The molecule has 4 rings (SSSR count). The van der Waals surface area contributed by atoms with E-state index in [1.807, 2.05) is 30.5 Å². The van der Waals surface area contributed by atoms with Gasteiger partial charge < -0.3 is 25.1 Å². The molecule has 7 nitrogen and oxygen atoms in total. The third kappa shape index (κ3) is 4.77. The molecule has 0 bridgehead atoms. The number of aromatic amines is 1. The normalized spacial score (nSPS) is 14.6. The maximum Gasteiger partial charge on any atom is 0.251 e. The van der Waals surface area contributed by atoms with Gasteiger partial charge in [0.25, 0.3) is 5.91 Å². The Morgan fingerprint density at radius 2 is 1.82 bits per heavy atom. The number of allylic oxidation sites excluding steroid dienone is 1. The number of nitrogens with one attached hydrogen (secondary N) is 3. The van der Waals surface area contributed by atoms with E-state index in [0.717, 1.165) is 11.4 Å². The van der Waals surface area contributed by atoms with Crippen molar-refractivity contribution in [3.63, 3.8) is 0 Å². The molecule has 2 amide bonds. The highest BCUT2D eigenvalue weighted by atomic mass is 16.5. The van der Waals surface area contributed by atoms with Gasteiger partial charge in [0.15, 0.2) is 11.5 Å². The zero-order valence-corrected chi connectivity index (χ0v) is 18.9. The second kappa shape index (κ2) is 9.65. The van der Waals surface area contributed by atoms with E-state index in [4.69, 9.17) is 9.47 Å². The predicted octanol–water partition coefficient (Wildman–Crippen LogP) is 4.09. The molecule has 0 saturated carbocycles.